The van der Waals surface area contributed by atoms with Crippen LogP contribution in [0.15, 0.2) is 28.7 Å². The van der Waals surface area contributed by atoms with E-state index in [2.05, 4.69) is 21.2 Å². The summed E-state index contributed by atoms with van der Waals surface area (Å²) in [4.78, 5) is 12.1. The van der Waals surface area contributed by atoms with E-state index in [1.807, 2.05) is 38.1 Å². The van der Waals surface area contributed by atoms with Crippen LogP contribution in [-0.2, 0) is 4.79 Å². The largest absolute Gasteiger partial charge is 0.348 e. The second-order valence-electron chi connectivity index (χ2n) is 4.92. The average Bonchev–Trinajstić information content (AvgIpc) is 2.28. The molecule has 0 fully saturated rings. The molecule has 100 valence electrons. The van der Waals surface area contributed by atoms with Crippen LogP contribution in [0.4, 0.5) is 0 Å². The predicted octanol–water partition coefficient (Wildman–Crippen LogP) is 3.14. The number of halogens is 1. The third-order valence-electron chi connectivity index (χ3n) is 2.98. The van der Waals surface area contributed by atoms with Gasteiger partial charge in [-0.25, -0.2) is 0 Å². The molecule has 0 heterocycles. The summed E-state index contributed by atoms with van der Waals surface area (Å²) < 4.78 is 1.00. The molecular weight excluding hydrogens is 292 g/mol. The lowest BCUT2D eigenvalue weighted by Gasteiger charge is -2.25. The fourth-order valence-electron chi connectivity index (χ4n) is 1.85. The first kappa shape index (κ1) is 15.2. The molecule has 0 aliphatic carbocycles. The Balaban J connectivity index is 2.70. The van der Waals surface area contributed by atoms with Crippen molar-refractivity contribution in [2.45, 2.75) is 45.2 Å². The van der Waals surface area contributed by atoms with Crippen LogP contribution in [0, 0.1) is 0 Å². The van der Waals surface area contributed by atoms with Gasteiger partial charge < -0.3 is 11.1 Å². The van der Waals surface area contributed by atoms with Gasteiger partial charge in [-0.1, -0.05) is 41.4 Å². The van der Waals surface area contributed by atoms with Gasteiger partial charge in [-0.05, 0) is 38.0 Å². The molecule has 0 aliphatic rings. The van der Waals surface area contributed by atoms with Crippen molar-refractivity contribution in [3.8, 4) is 0 Å². The minimum Gasteiger partial charge on any atom is -0.348 e. The highest BCUT2D eigenvalue weighted by Crippen LogP contribution is 2.19. The summed E-state index contributed by atoms with van der Waals surface area (Å²) in [5, 5.41) is 2.96. The van der Waals surface area contributed by atoms with Gasteiger partial charge >= 0.3 is 0 Å². The molecule has 0 aliphatic heterocycles. The minimum atomic E-state index is -0.797. The number of carbonyl (C=O) groups is 1. The Morgan fingerprint density at radius 2 is 2.22 bits per heavy atom. The monoisotopic (exact) mass is 312 g/mol. The molecule has 2 atom stereocenters. The van der Waals surface area contributed by atoms with Crippen LogP contribution in [0.3, 0.4) is 0 Å². The summed E-state index contributed by atoms with van der Waals surface area (Å²) >= 11 is 3.42. The first-order chi connectivity index (χ1) is 8.36. The third-order valence-corrected chi connectivity index (χ3v) is 3.48. The highest BCUT2D eigenvalue weighted by atomic mass is 79.9. The number of rotatable bonds is 5. The fourth-order valence-corrected chi connectivity index (χ4v) is 2.27. The molecule has 0 aromatic heterocycles. The summed E-state index contributed by atoms with van der Waals surface area (Å²) in [6.45, 7) is 5.76. The van der Waals surface area contributed by atoms with Crippen LogP contribution in [0.25, 0.3) is 0 Å². The molecule has 1 rings (SSSR count). The lowest BCUT2D eigenvalue weighted by Crippen LogP contribution is -2.52. The van der Waals surface area contributed by atoms with Gasteiger partial charge in [0.05, 0.1) is 11.6 Å². The molecule has 1 aromatic carbocycles. The van der Waals surface area contributed by atoms with E-state index >= 15 is 0 Å². The zero-order valence-electron chi connectivity index (χ0n) is 11.2. The average molecular weight is 313 g/mol. The number of benzene rings is 1. The Morgan fingerprint density at radius 1 is 1.56 bits per heavy atom. The Labute approximate surface area is 117 Å². The number of hydrogen-bond acceptors (Lipinski definition) is 2. The molecular formula is C14H21BrN2O. The fraction of sp³-hybridized carbons (Fsp3) is 0.500. The van der Waals surface area contributed by atoms with Gasteiger partial charge in [-0.15, -0.1) is 0 Å². The highest BCUT2D eigenvalue weighted by Gasteiger charge is 2.28. The molecule has 1 aromatic rings. The van der Waals surface area contributed by atoms with Gasteiger partial charge in [0.25, 0.3) is 0 Å². The van der Waals surface area contributed by atoms with E-state index in [4.69, 9.17) is 5.73 Å². The van der Waals surface area contributed by atoms with E-state index in [0.717, 1.165) is 16.5 Å². The van der Waals surface area contributed by atoms with E-state index in [1.54, 1.807) is 6.92 Å². The Morgan fingerprint density at radius 3 is 2.78 bits per heavy atom. The summed E-state index contributed by atoms with van der Waals surface area (Å²) in [5.41, 5.74) is 6.27. The zero-order chi connectivity index (χ0) is 13.8. The molecule has 1 amide bonds. The Kier molecular flexibility index (Phi) is 5.35. The molecule has 4 heteroatoms. The standard InChI is InChI=1S/C14H21BrN2O/c1-4-8-14(3,16)13(18)17-10(2)11-6-5-7-12(15)9-11/h5-7,9-10H,4,8,16H2,1-3H3,(H,17,18)/t10-,14?/m1/s1. The van der Waals surface area contributed by atoms with Crippen molar-refractivity contribution in [1.29, 1.82) is 0 Å². The minimum absolute atomic E-state index is 0.0465. The van der Waals surface area contributed by atoms with E-state index < -0.39 is 5.54 Å². The van der Waals surface area contributed by atoms with Crippen molar-refractivity contribution in [3.05, 3.63) is 34.3 Å². The van der Waals surface area contributed by atoms with Gasteiger partial charge in [0.2, 0.25) is 5.91 Å². The van der Waals surface area contributed by atoms with E-state index in [1.165, 1.54) is 0 Å². The van der Waals surface area contributed by atoms with Crippen molar-refractivity contribution in [2.75, 3.05) is 0 Å². The summed E-state index contributed by atoms with van der Waals surface area (Å²) in [6.07, 6.45) is 1.58. The lowest BCUT2D eigenvalue weighted by atomic mass is 9.95. The molecule has 18 heavy (non-hydrogen) atoms. The van der Waals surface area contributed by atoms with Crippen LogP contribution >= 0.6 is 15.9 Å². The van der Waals surface area contributed by atoms with Crippen LogP contribution in [0.1, 0.15) is 45.2 Å². The van der Waals surface area contributed by atoms with Gasteiger partial charge in [0.1, 0.15) is 0 Å². The van der Waals surface area contributed by atoms with Crippen LogP contribution in [0.5, 0.6) is 0 Å². The number of carbonyl (C=O) groups excluding carboxylic acids is 1. The molecule has 0 saturated carbocycles. The molecule has 3 N–H and O–H groups in total. The summed E-state index contributed by atoms with van der Waals surface area (Å²) in [5.74, 6) is -0.100. The number of hydrogen-bond donors (Lipinski definition) is 2. The van der Waals surface area contributed by atoms with Gasteiger partial charge in [0, 0.05) is 4.47 Å². The van der Waals surface area contributed by atoms with Crippen LogP contribution in [-0.4, -0.2) is 11.4 Å². The second kappa shape index (κ2) is 6.34. The van der Waals surface area contributed by atoms with Crippen molar-refractivity contribution in [2.24, 2.45) is 5.73 Å². The summed E-state index contributed by atoms with van der Waals surface area (Å²) in [7, 11) is 0. The van der Waals surface area contributed by atoms with Gasteiger partial charge in [-0.3, -0.25) is 4.79 Å². The van der Waals surface area contributed by atoms with E-state index in [-0.39, 0.29) is 11.9 Å². The lowest BCUT2D eigenvalue weighted by molar-refractivity contribution is -0.126. The normalized spacial score (nSPS) is 15.8. The first-order valence-electron chi connectivity index (χ1n) is 6.22. The van der Waals surface area contributed by atoms with Crippen molar-refractivity contribution in [3.63, 3.8) is 0 Å². The molecule has 3 nitrogen and oxygen atoms in total. The molecule has 0 radical (unpaired) electrons. The number of nitrogens with one attached hydrogen (secondary N) is 1. The Bertz CT molecular complexity index is 418. The maximum Gasteiger partial charge on any atom is 0.240 e. The maximum atomic E-state index is 12.1. The SMILES string of the molecule is CCCC(C)(N)C(=O)N[C@H](C)c1cccc(Br)c1. The van der Waals surface area contributed by atoms with Crippen LogP contribution < -0.4 is 11.1 Å². The number of amides is 1. The van der Waals surface area contributed by atoms with E-state index in [9.17, 15) is 4.79 Å². The molecule has 0 saturated heterocycles. The molecule has 0 spiro atoms. The van der Waals surface area contributed by atoms with Crippen molar-refractivity contribution in [1.82, 2.24) is 5.32 Å². The van der Waals surface area contributed by atoms with Crippen molar-refractivity contribution >= 4 is 21.8 Å². The van der Waals surface area contributed by atoms with Crippen LogP contribution in [0.2, 0.25) is 0 Å². The maximum absolute atomic E-state index is 12.1. The highest BCUT2D eigenvalue weighted by molar-refractivity contribution is 9.10. The third kappa shape index (κ3) is 4.10. The summed E-state index contributed by atoms with van der Waals surface area (Å²) in [6, 6.07) is 7.86. The van der Waals surface area contributed by atoms with Crippen molar-refractivity contribution < 1.29 is 4.79 Å². The zero-order valence-corrected chi connectivity index (χ0v) is 12.8. The Hall–Kier alpha value is -0.870. The smallest absolute Gasteiger partial charge is 0.240 e. The second-order valence-corrected chi connectivity index (χ2v) is 5.83. The topological polar surface area (TPSA) is 55.1 Å². The van der Waals surface area contributed by atoms with E-state index in [0.29, 0.717) is 6.42 Å². The quantitative estimate of drug-likeness (QED) is 0.877. The molecule has 0 bridgehead atoms. The number of nitrogens with two attached hydrogens (primary N) is 1. The first-order valence-corrected chi connectivity index (χ1v) is 7.01. The van der Waals surface area contributed by atoms with Gasteiger partial charge in [0.15, 0.2) is 0 Å². The predicted molar refractivity (Wildman–Crippen MR) is 78.2 cm³/mol. The van der Waals surface area contributed by atoms with Gasteiger partial charge in [-0.2, -0.15) is 0 Å². The molecule has 1 unspecified atom stereocenters.